The topological polar surface area (TPSA) is 38.3 Å². The van der Waals surface area contributed by atoms with E-state index in [0.29, 0.717) is 34.2 Å². The lowest BCUT2D eigenvalue weighted by Crippen LogP contribution is -2.31. The van der Waals surface area contributed by atoms with Gasteiger partial charge >= 0.3 is 0 Å². The average molecular weight is 316 g/mol. The Bertz CT molecular complexity index is 471. The van der Waals surface area contributed by atoms with Crippen molar-refractivity contribution in [3.8, 4) is 5.75 Å². The summed E-state index contributed by atoms with van der Waals surface area (Å²) in [6.45, 7) is 0.689. The Kier molecular flexibility index (Phi) is 5.55. The van der Waals surface area contributed by atoms with Gasteiger partial charge in [-0.3, -0.25) is 4.79 Å². The van der Waals surface area contributed by atoms with Crippen LogP contribution < -0.4 is 10.1 Å². The molecule has 2 rings (SSSR count). The molecule has 1 fully saturated rings. The number of alkyl halides is 1. The van der Waals surface area contributed by atoms with Crippen molar-refractivity contribution < 1.29 is 9.53 Å². The highest BCUT2D eigenvalue weighted by Gasteiger charge is 2.20. The third-order valence-electron chi connectivity index (χ3n) is 3.74. The van der Waals surface area contributed by atoms with Gasteiger partial charge in [0.15, 0.2) is 0 Å². The van der Waals surface area contributed by atoms with Gasteiger partial charge in [-0.05, 0) is 49.8 Å². The predicted octanol–water partition coefficient (Wildman–Crippen LogP) is 3.88. The smallest absolute Gasteiger partial charge is 0.255 e. The van der Waals surface area contributed by atoms with Crippen LogP contribution in [0.1, 0.15) is 36.0 Å². The van der Waals surface area contributed by atoms with Gasteiger partial charge in [0.1, 0.15) is 5.75 Å². The maximum atomic E-state index is 12.2. The number of rotatable bonds is 4. The molecule has 0 bridgehead atoms. The van der Waals surface area contributed by atoms with Gasteiger partial charge in [-0.2, -0.15) is 0 Å². The monoisotopic (exact) mass is 315 g/mol. The number of hydrogen-bond acceptors (Lipinski definition) is 2. The number of benzene rings is 1. The molecule has 1 aromatic carbocycles. The minimum absolute atomic E-state index is 0.119. The zero-order valence-corrected chi connectivity index (χ0v) is 13.0. The molecule has 3 nitrogen and oxygen atoms in total. The van der Waals surface area contributed by atoms with E-state index in [1.54, 1.807) is 18.2 Å². The van der Waals surface area contributed by atoms with Crippen molar-refractivity contribution in [3.63, 3.8) is 0 Å². The summed E-state index contributed by atoms with van der Waals surface area (Å²) in [7, 11) is 1.53. The molecule has 5 heteroatoms. The minimum atomic E-state index is -0.119. The summed E-state index contributed by atoms with van der Waals surface area (Å²) >= 11 is 12.0. The summed E-state index contributed by atoms with van der Waals surface area (Å²) in [5, 5.41) is 3.83. The molecule has 1 aliphatic carbocycles. The van der Waals surface area contributed by atoms with Crippen molar-refractivity contribution in [1.82, 2.24) is 5.32 Å². The molecule has 1 aromatic rings. The summed E-state index contributed by atoms with van der Waals surface area (Å²) < 4.78 is 5.19. The first-order chi connectivity index (χ1) is 9.60. The maximum absolute atomic E-state index is 12.2. The van der Waals surface area contributed by atoms with Crippen LogP contribution in [-0.2, 0) is 0 Å². The molecule has 0 radical (unpaired) electrons. The Morgan fingerprint density at radius 2 is 2.05 bits per heavy atom. The molecule has 0 unspecified atom stereocenters. The first-order valence-corrected chi connectivity index (χ1v) is 7.67. The number of hydrogen-bond donors (Lipinski definition) is 1. The zero-order chi connectivity index (χ0) is 14.5. The number of methoxy groups -OCH3 is 1. The Morgan fingerprint density at radius 3 is 2.70 bits per heavy atom. The van der Waals surface area contributed by atoms with E-state index in [-0.39, 0.29) is 5.91 Å². The molecule has 110 valence electrons. The van der Waals surface area contributed by atoms with Gasteiger partial charge in [-0.25, -0.2) is 0 Å². The maximum Gasteiger partial charge on any atom is 0.255 e. The van der Waals surface area contributed by atoms with Crippen LogP contribution in [0.5, 0.6) is 5.75 Å². The number of nitrogens with one attached hydrogen (secondary N) is 1. The molecule has 1 N–H and O–H groups in total. The van der Waals surface area contributed by atoms with Crippen LogP contribution >= 0.6 is 23.2 Å². The van der Waals surface area contributed by atoms with Crippen molar-refractivity contribution in [3.05, 3.63) is 28.8 Å². The van der Waals surface area contributed by atoms with E-state index in [0.717, 1.165) is 25.7 Å². The van der Waals surface area contributed by atoms with E-state index >= 15 is 0 Å². The van der Waals surface area contributed by atoms with Gasteiger partial charge in [0.2, 0.25) is 0 Å². The Morgan fingerprint density at radius 1 is 1.35 bits per heavy atom. The van der Waals surface area contributed by atoms with Crippen molar-refractivity contribution >= 4 is 29.1 Å². The molecule has 0 aromatic heterocycles. The van der Waals surface area contributed by atoms with Crippen LogP contribution in [0.15, 0.2) is 18.2 Å². The van der Waals surface area contributed by atoms with Gasteiger partial charge in [-0.15, -0.1) is 11.6 Å². The molecular weight excluding hydrogens is 297 g/mol. The Hall–Kier alpha value is -0.930. The summed E-state index contributed by atoms with van der Waals surface area (Å²) in [4.78, 5) is 12.2. The number of halogens is 2. The highest BCUT2D eigenvalue weighted by atomic mass is 35.5. The molecule has 0 atom stereocenters. The summed E-state index contributed by atoms with van der Waals surface area (Å²) in [5.74, 6) is 0.901. The van der Waals surface area contributed by atoms with E-state index in [2.05, 4.69) is 5.32 Å². The van der Waals surface area contributed by atoms with E-state index in [1.165, 1.54) is 7.11 Å². The molecule has 0 spiro atoms. The molecule has 0 heterocycles. The van der Waals surface area contributed by atoms with E-state index < -0.39 is 0 Å². The third kappa shape index (κ3) is 4.03. The van der Waals surface area contributed by atoms with Crippen molar-refractivity contribution in [2.75, 3.05) is 13.7 Å². The van der Waals surface area contributed by atoms with Gasteiger partial charge in [-0.1, -0.05) is 11.6 Å². The second-order valence-corrected chi connectivity index (χ2v) is 6.23. The molecule has 1 amide bonds. The lowest BCUT2D eigenvalue weighted by Gasteiger charge is -2.25. The molecule has 1 aliphatic rings. The number of ether oxygens (including phenoxy) is 1. The lowest BCUT2D eigenvalue weighted by molar-refractivity contribution is 0.0940. The average Bonchev–Trinajstić information content (AvgIpc) is 2.46. The number of carbonyl (C=O) groups excluding carboxylic acids is 1. The Labute approximate surface area is 129 Å². The van der Waals surface area contributed by atoms with Crippen molar-refractivity contribution in [1.29, 1.82) is 0 Å². The van der Waals surface area contributed by atoms with Crippen LogP contribution in [0.4, 0.5) is 0 Å². The standard InChI is InChI=1S/C15H19Cl2NO2/c1-20-14-8-12(17)6-7-13(14)15(19)18-9-10-2-4-11(16)5-3-10/h6-8,10-11H,2-5,9H2,1H3,(H,18,19). The van der Waals surface area contributed by atoms with Gasteiger partial charge in [0.05, 0.1) is 12.7 Å². The van der Waals surface area contributed by atoms with Crippen LogP contribution in [0.3, 0.4) is 0 Å². The van der Waals surface area contributed by atoms with E-state index in [1.807, 2.05) is 0 Å². The third-order valence-corrected chi connectivity index (χ3v) is 4.41. The van der Waals surface area contributed by atoms with Crippen LogP contribution in [0.25, 0.3) is 0 Å². The van der Waals surface area contributed by atoms with E-state index in [9.17, 15) is 4.79 Å². The summed E-state index contributed by atoms with van der Waals surface area (Å²) in [6.07, 6.45) is 4.22. The molecule has 0 saturated heterocycles. The number of amides is 1. The fourth-order valence-electron chi connectivity index (χ4n) is 2.51. The van der Waals surface area contributed by atoms with Gasteiger partial charge in [0.25, 0.3) is 5.91 Å². The molecule has 20 heavy (non-hydrogen) atoms. The SMILES string of the molecule is COc1cc(Cl)ccc1C(=O)NCC1CCC(Cl)CC1. The lowest BCUT2D eigenvalue weighted by atomic mass is 9.89. The fourth-order valence-corrected chi connectivity index (χ4v) is 2.92. The van der Waals surface area contributed by atoms with Crippen LogP contribution in [-0.4, -0.2) is 24.9 Å². The predicted molar refractivity (Wildman–Crippen MR) is 81.9 cm³/mol. The van der Waals surface area contributed by atoms with E-state index in [4.69, 9.17) is 27.9 Å². The van der Waals surface area contributed by atoms with Crippen LogP contribution in [0.2, 0.25) is 5.02 Å². The largest absolute Gasteiger partial charge is 0.496 e. The fraction of sp³-hybridized carbons (Fsp3) is 0.533. The van der Waals surface area contributed by atoms with Gasteiger partial charge in [0, 0.05) is 16.9 Å². The molecule has 1 saturated carbocycles. The Balaban J connectivity index is 1.92. The van der Waals surface area contributed by atoms with Crippen molar-refractivity contribution in [2.45, 2.75) is 31.1 Å². The second kappa shape index (κ2) is 7.19. The minimum Gasteiger partial charge on any atom is -0.496 e. The summed E-state index contributed by atoms with van der Waals surface area (Å²) in [6, 6.07) is 5.03. The van der Waals surface area contributed by atoms with Crippen LogP contribution in [0, 0.1) is 5.92 Å². The quantitative estimate of drug-likeness (QED) is 0.856. The normalized spacial score (nSPS) is 22.4. The zero-order valence-electron chi connectivity index (χ0n) is 11.5. The van der Waals surface area contributed by atoms with Crippen molar-refractivity contribution in [2.24, 2.45) is 5.92 Å². The summed E-state index contributed by atoms with van der Waals surface area (Å²) in [5.41, 5.74) is 0.517. The highest BCUT2D eigenvalue weighted by molar-refractivity contribution is 6.30. The first kappa shape index (κ1) is 15.5. The second-order valence-electron chi connectivity index (χ2n) is 5.17. The number of carbonyl (C=O) groups is 1. The van der Waals surface area contributed by atoms with Gasteiger partial charge < -0.3 is 10.1 Å². The molecule has 0 aliphatic heterocycles. The highest BCUT2D eigenvalue weighted by Crippen LogP contribution is 2.27. The molecular formula is C15H19Cl2NO2. The first-order valence-electron chi connectivity index (χ1n) is 6.86.